The molecule has 2 aromatic heterocycles. The zero-order valence-corrected chi connectivity index (χ0v) is 19.9. The molecule has 2 nitrogen and oxygen atoms in total. The summed E-state index contributed by atoms with van der Waals surface area (Å²) in [7, 11) is 3.49. The Kier molecular flexibility index (Phi) is 6.30. The first-order valence-electron chi connectivity index (χ1n) is 9.85. The van der Waals surface area contributed by atoms with E-state index >= 15 is 0 Å². The highest BCUT2D eigenvalue weighted by Gasteiger charge is 2.14. The van der Waals surface area contributed by atoms with Crippen LogP contribution in [0.15, 0.2) is 32.9 Å². The summed E-state index contributed by atoms with van der Waals surface area (Å²) < 4.78 is 4.82. The average molecular weight is 445 g/mol. The first kappa shape index (κ1) is 20.2. The molecule has 0 aliphatic carbocycles. The van der Waals surface area contributed by atoms with Crippen molar-refractivity contribution in [2.24, 2.45) is 0 Å². The Hall–Kier alpha value is -1.08. The van der Waals surface area contributed by atoms with E-state index in [4.69, 9.17) is 9.97 Å². The standard InChI is InChI=1S/C22H24N2S4/c1-5-13-9-11-17-19(15(13)7-3)23-21(25-17)27-28-22-24-20-16(8-4)14(6-2)10-12-18(20)26-22/h9-12H,5-8H2,1-4H3. The third-order valence-electron chi connectivity index (χ3n) is 5.14. The molecule has 0 fully saturated rings. The lowest BCUT2D eigenvalue weighted by Gasteiger charge is -2.05. The van der Waals surface area contributed by atoms with E-state index in [0.717, 1.165) is 34.4 Å². The number of nitrogens with zero attached hydrogens (tertiary/aromatic N) is 2. The van der Waals surface area contributed by atoms with Crippen molar-refractivity contribution < 1.29 is 0 Å². The van der Waals surface area contributed by atoms with Crippen molar-refractivity contribution in [1.82, 2.24) is 9.97 Å². The van der Waals surface area contributed by atoms with Crippen LogP contribution in [-0.2, 0) is 25.7 Å². The molecule has 0 atom stereocenters. The van der Waals surface area contributed by atoms with Crippen LogP contribution in [0.25, 0.3) is 20.4 Å². The lowest BCUT2D eigenvalue weighted by molar-refractivity contribution is 1.04. The number of hydrogen-bond acceptors (Lipinski definition) is 6. The summed E-state index contributed by atoms with van der Waals surface area (Å²) in [5.74, 6) is 0. The normalized spacial score (nSPS) is 11.7. The van der Waals surface area contributed by atoms with Gasteiger partial charge in [0.05, 0.1) is 20.4 Å². The Morgan fingerprint density at radius 1 is 0.643 bits per heavy atom. The highest BCUT2D eigenvalue weighted by Crippen LogP contribution is 2.44. The zero-order chi connectivity index (χ0) is 19.7. The molecule has 28 heavy (non-hydrogen) atoms. The second kappa shape index (κ2) is 8.74. The first-order valence-corrected chi connectivity index (χ1v) is 13.6. The van der Waals surface area contributed by atoms with Crippen LogP contribution in [0.5, 0.6) is 0 Å². The second-order valence-electron chi connectivity index (χ2n) is 6.64. The van der Waals surface area contributed by atoms with Crippen molar-refractivity contribution in [2.75, 3.05) is 0 Å². The van der Waals surface area contributed by atoms with Crippen LogP contribution >= 0.6 is 44.3 Å². The molecule has 2 aromatic carbocycles. The lowest BCUT2D eigenvalue weighted by atomic mass is 10.0. The van der Waals surface area contributed by atoms with Crippen molar-refractivity contribution in [3.63, 3.8) is 0 Å². The van der Waals surface area contributed by atoms with Crippen molar-refractivity contribution >= 4 is 64.7 Å². The monoisotopic (exact) mass is 444 g/mol. The van der Waals surface area contributed by atoms with Crippen LogP contribution in [0.1, 0.15) is 49.9 Å². The molecular formula is C22H24N2S4. The number of benzene rings is 2. The maximum atomic E-state index is 4.96. The van der Waals surface area contributed by atoms with Crippen LogP contribution < -0.4 is 0 Å². The number of aryl methyl sites for hydroxylation is 4. The molecule has 0 amide bonds. The predicted octanol–water partition coefficient (Wildman–Crippen LogP) is 7.96. The third kappa shape index (κ3) is 3.72. The Labute approximate surface area is 182 Å². The lowest BCUT2D eigenvalue weighted by Crippen LogP contribution is -1.91. The van der Waals surface area contributed by atoms with Gasteiger partial charge >= 0.3 is 0 Å². The summed E-state index contributed by atoms with van der Waals surface area (Å²) in [5, 5.41) is 0. The molecule has 6 heteroatoms. The molecule has 4 aromatic rings. The molecule has 0 saturated carbocycles. The number of aromatic nitrogens is 2. The molecule has 4 rings (SSSR count). The van der Waals surface area contributed by atoms with Crippen LogP contribution in [0.4, 0.5) is 0 Å². The van der Waals surface area contributed by atoms with E-state index in [1.54, 1.807) is 44.3 Å². The summed E-state index contributed by atoms with van der Waals surface area (Å²) in [6, 6.07) is 9.01. The smallest absolute Gasteiger partial charge is 0.162 e. The van der Waals surface area contributed by atoms with E-state index in [1.165, 1.54) is 42.7 Å². The van der Waals surface area contributed by atoms with Gasteiger partial charge in [0.25, 0.3) is 0 Å². The topological polar surface area (TPSA) is 25.8 Å². The molecule has 0 aliphatic heterocycles. The maximum Gasteiger partial charge on any atom is 0.162 e. The first-order chi connectivity index (χ1) is 13.7. The predicted molar refractivity (Wildman–Crippen MR) is 128 cm³/mol. The third-order valence-corrected chi connectivity index (χ3v) is 10.2. The number of fused-ring (bicyclic) bond motifs is 2. The van der Waals surface area contributed by atoms with Gasteiger partial charge in [0.1, 0.15) is 0 Å². The van der Waals surface area contributed by atoms with Gasteiger partial charge in [-0.3, -0.25) is 0 Å². The molecule has 0 radical (unpaired) electrons. The van der Waals surface area contributed by atoms with Crippen molar-refractivity contribution in [1.29, 1.82) is 0 Å². The van der Waals surface area contributed by atoms with Crippen LogP contribution in [-0.4, -0.2) is 9.97 Å². The van der Waals surface area contributed by atoms with E-state index in [9.17, 15) is 0 Å². The van der Waals surface area contributed by atoms with Gasteiger partial charge in [-0.1, -0.05) is 39.8 Å². The van der Waals surface area contributed by atoms with E-state index in [0.29, 0.717) is 0 Å². The molecular weight excluding hydrogens is 421 g/mol. The fourth-order valence-electron chi connectivity index (χ4n) is 3.73. The van der Waals surface area contributed by atoms with Gasteiger partial charge in [-0.2, -0.15) is 0 Å². The van der Waals surface area contributed by atoms with Gasteiger partial charge in [0.15, 0.2) is 8.68 Å². The molecule has 0 saturated heterocycles. The van der Waals surface area contributed by atoms with Crippen molar-refractivity contribution in [3.05, 3.63) is 46.5 Å². The number of rotatable bonds is 7. The van der Waals surface area contributed by atoms with Gasteiger partial charge < -0.3 is 0 Å². The SMILES string of the molecule is CCc1ccc2sc(SSc3nc4c(CC)c(CC)ccc4s3)nc2c1CC. The van der Waals surface area contributed by atoms with E-state index in [2.05, 4.69) is 52.0 Å². The molecule has 0 unspecified atom stereocenters. The zero-order valence-electron chi connectivity index (χ0n) is 16.7. The summed E-state index contributed by atoms with van der Waals surface area (Å²) in [6.45, 7) is 8.90. The average Bonchev–Trinajstić information content (AvgIpc) is 3.33. The molecule has 146 valence electrons. The van der Waals surface area contributed by atoms with E-state index in [-0.39, 0.29) is 0 Å². The van der Waals surface area contributed by atoms with Gasteiger partial charge in [0, 0.05) is 0 Å². The van der Waals surface area contributed by atoms with E-state index < -0.39 is 0 Å². The fraction of sp³-hybridized carbons (Fsp3) is 0.364. The van der Waals surface area contributed by atoms with Crippen molar-refractivity contribution in [3.8, 4) is 0 Å². The summed E-state index contributed by atoms with van der Waals surface area (Å²) >= 11 is 3.59. The Balaban J connectivity index is 1.61. The maximum absolute atomic E-state index is 4.96. The van der Waals surface area contributed by atoms with Gasteiger partial charge in [-0.25, -0.2) is 9.97 Å². The highest BCUT2D eigenvalue weighted by molar-refractivity contribution is 8.77. The minimum Gasteiger partial charge on any atom is -0.228 e. The van der Waals surface area contributed by atoms with Crippen molar-refractivity contribution in [2.45, 2.75) is 62.1 Å². The Morgan fingerprint density at radius 3 is 1.43 bits per heavy atom. The fourth-order valence-corrected chi connectivity index (χ4v) is 8.27. The van der Waals surface area contributed by atoms with Gasteiger partial charge in [-0.05, 0) is 81.7 Å². The van der Waals surface area contributed by atoms with Crippen LogP contribution in [0.2, 0.25) is 0 Å². The highest BCUT2D eigenvalue weighted by atomic mass is 33.1. The minimum atomic E-state index is 1.04. The largest absolute Gasteiger partial charge is 0.228 e. The number of hydrogen-bond donors (Lipinski definition) is 0. The summed E-state index contributed by atoms with van der Waals surface area (Å²) in [5.41, 5.74) is 8.06. The molecule has 0 aliphatic rings. The van der Waals surface area contributed by atoms with Gasteiger partial charge in [-0.15, -0.1) is 22.7 Å². The molecule has 2 heterocycles. The Bertz CT molecular complexity index is 1040. The molecule has 0 N–H and O–H groups in total. The molecule has 0 bridgehead atoms. The molecule has 0 spiro atoms. The minimum absolute atomic E-state index is 1.04. The quantitative estimate of drug-likeness (QED) is 0.270. The van der Waals surface area contributed by atoms with Crippen LogP contribution in [0, 0.1) is 0 Å². The van der Waals surface area contributed by atoms with Crippen LogP contribution in [0.3, 0.4) is 0 Å². The second-order valence-corrected chi connectivity index (χ2v) is 11.3. The Morgan fingerprint density at radius 2 is 1.07 bits per heavy atom. The number of thiazole rings is 2. The van der Waals surface area contributed by atoms with Gasteiger partial charge in [0.2, 0.25) is 0 Å². The summed E-state index contributed by atoms with van der Waals surface area (Å²) in [6.07, 6.45) is 4.22. The van der Waals surface area contributed by atoms with E-state index in [1.807, 2.05) is 0 Å². The summed E-state index contributed by atoms with van der Waals surface area (Å²) in [4.78, 5) is 9.92.